The highest BCUT2D eigenvalue weighted by atomic mass is 16.2. The Labute approximate surface area is 88.7 Å². The summed E-state index contributed by atoms with van der Waals surface area (Å²) in [6, 6.07) is 9.42. The first-order chi connectivity index (χ1) is 7.20. The molecule has 3 nitrogen and oxygen atoms in total. The summed E-state index contributed by atoms with van der Waals surface area (Å²) in [4.78, 5) is 11.9. The zero-order valence-electron chi connectivity index (χ0n) is 8.77. The van der Waals surface area contributed by atoms with Crippen molar-refractivity contribution < 1.29 is 4.79 Å². The molecule has 2 rings (SSSR count). The summed E-state index contributed by atoms with van der Waals surface area (Å²) < 4.78 is 0. The highest BCUT2D eigenvalue weighted by molar-refractivity contribution is 6.23. The molecule has 1 amide bonds. The summed E-state index contributed by atoms with van der Waals surface area (Å²) in [6.45, 7) is 3.82. The number of hydrogen-bond acceptors (Lipinski definition) is 2. The lowest BCUT2D eigenvalue weighted by Gasteiger charge is -2.11. The summed E-state index contributed by atoms with van der Waals surface area (Å²) in [7, 11) is 0. The maximum atomic E-state index is 11.9. The zero-order valence-corrected chi connectivity index (χ0v) is 8.77. The second kappa shape index (κ2) is 3.69. The van der Waals surface area contributed by atoms with Crippen LogP contribution in [0.25, 0.3) is 0 Å². The second-order valence-corrected chi connectivity index (χ2v) is 3.61. The molecule has 0 radical (unpaired) electrons. The molecular weight excluding hydrogens is 188 g/mol. The Bertz CT molecular complexity index is 442. The topological polar surface area (TPSA) is 32.7 Å². The molecule has 1 heterocycles. The van der Waals surface area contributed by atoms with E-state index in [9.17, 15) is 4.79 Å². The Morgan fingerprint density at radius 3 is 2.40 bits per heavy atom. The number of anilines is 1. The molecule has 3 heteroatoms. The Kier molecular flexibility index (Phi) is 2.37. The number of para-hydroxylation sites is 1. The molecular formula is C12H12N2O. The average molecular weight is 200 g/mol. The van der Waals surface area contributed by atoms with E-state index in [0.717, 1.165) is 11.3 Å². The second-order valence-electron chi connectivity index (χ2n) is 3.61. The van der Waals surface area contributed by atoms with Gasteiger partial charge in [-0.1, -0.05) is 23.8 Å². The van der Waals surface area contributed by atoms with Crippen LogP contribution < -0.4 is 5.01 Å². The van der Waals surface area contributed by atoms with Crippen molar-refractivity contribution >= 4 is 17.8 Å². The summed E-state index contributed by atoms with van der Waals surface area (Å²) in [5.74, 6) is -0.0544. The van der Waals surface area contributed by atoms with Crippen molar-refractivity contribution in [1.29, 1.82) is 0 Å². The normalized spacial score (nSPS) is 14.9. The molecule has 0 atom stereocenters. The largest absolute Gasteiger partial charge is 0.280 e. The third-order valence-corrected chi connectivity index (χ3v) is 2.26. The van der Waals surface area contributed by atoms with Gasteiger partial charge in [-0.15, -0.1) is 0 Å². The van der Waals surface area contributed by atoms with Crippen molar-refractivity contribution in [3.63, 3.8) is 0 Å². The molecule has 0 fully saturated rings. The maximum absolute atomic E-state index is 11.9. The summed E-state index contributed by atoms with van der Waals surface area (Å²) in [5, 5.41) is 5.51. The average Bonchev–Trinajstić information content (AvgIpc) is 2.61. The fraction of sp³-hybridized carbons (Fsp3) is 0.167. The number of amides is 1. The molecule has 1 aromatic rings. The maximum Gasteiger partial charge on any atom is 0.280 e. The Balaban J connectivity index is 2.35. The standard InChI is InChI=1S/C12H12N2O/c1-9(2)11-8-13-14(12(11)15)10-6-4-3-5-7-10/h3-8H,1-2H3. The number of allylic oxidation sites excluding steroid dienone is 1. The first kappa shape index (κ1) is 9.65. The van der Waals surface area contributed by atoms with Crippen LogP contribution in [0.5, 0.6) is 0 Å². The van der Waals surface area contributed by atoms with Crippen LogP contribution in [0.1, 0.15) is 13.8 Å². The molecule has 1 aliphatic heterocycles. The van der Waals surface area contributed by atoms with E-state index in [1.165, 1.54) is 5.01 Å². The zero-order chi connectivity index (χ0) is 10.8. The van der Waals surface area contributed by atoms with E-state index < -0.39 is 0 Å². The van der Waals surface area contributed by atoms with Crippen LogP contribution in [0.15, 0.2) is 46.6 Å². The highest BCUT2D eigenvalue weighted by Crippen LogP contribution is 2.21. The molecule has 0 saturated heterocycles. The van der Waals surface area contributed by atoms with E-state index in [1.54, 1.807) is 6.21 Å². The molecule has 0 unspecified atom stereocenters. The lowest BCUT2D eigenvalue weighted by molar-refractivity contribution is -0.114. The summed E-state index contributed by atoms with van der Waals surface area (Å²) >= 11 is 0. The fourth-order valence-corrected chi connectivity index (χ4v) is 1.43. The number of carbonyl (C=O) groups is 1. The molecule has 0 spiro atoms. The Morgan fingerprint density at radius 1 is 1.20 bits per heavy atom. The predicted octanol–water partition coefficient (Wildman–Crippen LogP) is 2.36. The van der Waals surface area contributed by atoms with Gasteiger partial charge in [0.05, 0.1) is 17.5 Å². The van der Waals surface area contributed by atoms with Gasteiger partial charge in [0.2, 0.25) is 0 Å². The molecule has 1 aromatic carbocycles. The molecule has 0 aliphatic carbocycles. The van der Waals surface area contributed by atoms with E-state index in [2.05, 4.69) is 5.10 Å². The van der Waals surface area contributed by atoms with Gasteiger partial charge in [-0.2, -0.15) is 10.1 Å². The molecule has 0 aromatic heterocycles. The first-order valence-corrected chi connectivity index (χ1v) is 4.81. The van der Waals surface area contributed by atoms with Gasteiger partial charge >= 0.3 is 0 Å². The van der Waals surface area contributed by atoms with E-state index >= 15 is 0 Å². The molecule has 1 aliphatic rings. The van der Waals surface area contributed by atoms with Gasteiger partial charge in [-0.3, -0.25) is 4.79 Å². The first-order valence-electron chi connectivity index (χ1n) is 4.81. The van der Waals surface area contributed by atoms with Gasteiger partial charge in [0.15, 0.2) is 0 Å². The Hall–Kier alpha value is -1.90. The van der Waals surface area contributed by atoms with Gasteiger partial charge in [0, 0.05) is 0 Å². The van der Waals surface area contributed by atoms with Crippen molar-refractivity contribution in [2.24, 2.45) is 5.10 Å². The van der Waals surface area contributed by atoms with Crippen molar-refractivity contribution in [3.8, 4) is 0 Å². The molecule has 0 bridgehead atoms. The van der Waals surface area contributed by atoms with Crippen LogP contribution in [0.2, 0.25) is 0 Å². The van der Waals surface area contributed by atoms with E-state index in [1.807, 2.05) is 44.2 Å². The van der Waals surface area contributed by atoms with Crippen LogP contribution in [0, 0.1) is 0 Å². The van der Waals surface area contributed by atoms with E-state index in [-0.39, 0.29) is 5.91 Å². The van der Waals surface area contributed by atoms with Crippen LogP contribution in [0.4, 0.5) is 5.69 Å². The Morgan fingerprint density at radius 2 is 1.87 bits per heavy atom. The fourth-order valence-electron chi connectivity index (χ4n) is 1.43. The third-order valence-electron chi connectivity index (χ3n) is 2.26. The van der Waals surface area contributed by atoms with Gasteiger partial charge in [-0.05, 0) is 26.0 Å². The van der Waals surface area contributed by atoms with Crippen LogP contribution in [0.3, 0.4) is 0 Å². The van der Waals surface area contributed by atoms with Crippen molar-refractivity contribution in [2.45, 2.75) is 13.8 Å². The number of nitrogens with zero attached hydrogens (tertiary/aromatic N) is 2. The van der Waals surface area contributed by atoms with Gasteiger partial charge in [0.25, 0.3) is 5.91 Å². The number of carbonyl (C=O) groups excluding carboxylic acids is 1. The van der Waals surface area contributed by atoms with Crippen molar-refractivity contribution in [2.75, 3.05) is 5.01 Å². The quantitative estimate of drug-likeness (QED) is 0.640. The highest BCUT2D eigenvalue weighted by Gasteiger charge is 2.24. The van der Waals surface area contributed by atoms with E-state index in [0.29, 0.717) is 5.57 Å². The molecule has 0 N–H and O–H groups in total. The SMILES string of the molecule is CC(C)=C1C=NN(c2ccccc2)C1=O. The van der Waals surface area contributed by atoms with Gasteiger partial charge < -0.3 is 0 Å². The summed E-state index contributed by atoms with van der Waals surface area (Å²) in [6.07, 6.45) is 1.62. The molecule has 0 saturated carbocycles. The smallest absolute Gasteiger partial charge is 0.267 e. The molecule has 76 valence electrons. The van der Waals surface area contributed by atoms with Gasteiger partial charge in [-0.25, -0.2) is 0 Å². The summed E-state index contributed by atoms with van der Waals surface area (Å²) in [5.41, 5.74) is 2.47. The minimum Gasteiger partial charge on any atom is -0.267 e. The number of rotatable bonds is 1. The van der Waals surface area contributed by atoms with Crippen molar-refractivity contribution in [1.82, 2.24) is 0 Å². The monoisotopic (exact) mass is 200 g/mol. The number of benzene rings is 1. The lowest BCUT2D eigenvalue weighted by atomic mass is 10.1. The van der Waals surface area contributed by atoms with E-state index in [4.69, 9.17) is 0 Å². The third kappa shape index (κ3) is 1.68. The lowest BCUT2D eigenvalue weighted by Crippen LogP contribution is -2.21. The number of hydrazone groups is 1. The van der Waals surface area contributed by atoms with Crippen LogP contribution in [-0.2, 0) is 4.79 Å². The number of hydrogen-bond donors (Lipinski definition) is 0. The molecule has 15 heavy (non-hydrogen) atoms. The minimum absolute atomic E-state index is 0.0544. The van der Waals surface area contributed by atoms with Crippen LogP contribution >= 0.6 is 0 Å². The minimum atomic E-state index is -0.0544. The predicted molar refractivity (Wildman–Crippen MR) is 60.8 cm³/mol. The van der Waals surface area contributed by atoms with Gasteiger partial charge in [0.1, 0.15) is 0 Å². The van der Waals surface area contributed by atoms with Crippen molar-refractivity contribution in [3.05, 3.63) is 41.5 Å². The van der Waals surface area contributed by atoms with Crippen LogP contribution in [-0.4, -0.2) is 12.1 Å².